The number of ketones is 1. The Kier molecular flexibility index (Phi) is 8.76. The highest BCUT2D eigenvalue weighted by Crippen LogP contribution is 2.42. The lowest BCUT2D eigenvalue weighted by Gasteiger charge is -2.25. The van der Waals surface area contributed by atoms with Gasteiger partial charge in [0.25, 0.3) is 11.7 Å². The van der Waals surface area contributed by atoms with Crippen LogP contribution in [0.25, 0.3) is 5.76 Å². The first-order valence-electron chi connectivity index (χ1n) is 11.6. The molecule has 1 N–H and O–H groups in total. The zero-order chi connectivity index (χ0) is 25.5. The zero-order valence-corrected chi connectivity index (χ0v) is 20.9. The number of rotatable bonds is 11. The molecule has 0 saturated carbocycles. The quantitative estimate of drug-likeness (QED) is 0.221. The van der Waals surface area contributed by atoms with Crippen molar-refractivity contribution in [3.05, 3.63) is 58.7 Å². The minimum absolute atomic E-state index is 0.0115. The van der Waals surface area contributed by atoms with E-state index >= 15 is 0 Å². The van der Waals surface area contributed by atoms with Crippen LogP contribution in [-0.4, -0.2) is 62.8 Å². The number of benzene rings is 2. The molecular weight excluding hydrogens is 450 g/mol. The lowest BCUT2D eigenvalue weighted by Crippen LogP contribution is -2.32. The largest absolute Gasteiger partial charge is 0.507 e. The van der Waals surface area contributed by atoms with Gasteiger partial charge in [0.15, 0.2) is 11.5 Å². The van der Waals surface area contributed by atoms with Crippen LogP contribution in [0.3, 0.4) is 0 Å². The molecule has 1 fully saturated rings. The van der Waals surface area contributed by atoms with Crippen LogP contribution in [0, 0.1) is 6.92 Å². The summed E-state index contributed by atoms with van der Waals surface area (Å²) in [6, 6.07) is 9.57. The smallest absolute Gasteiger partial charge is 0.295 e. The van der Waals surface area contributed by atoms with Crippen molar-refractivity contribution in [2.45, 2.75) is 32.7 Å². The van der Waals surface area contributed by atoms with Crippen LogP contribution < -0.4 is 14.2 Å². The molecule has 0 spiro atoms. The van der Waals surface area contributed by atoms with Gasteiger partial charge in [-0.2, -0.15) is 0 Å². The Morgan fingerprint density at radius 3 is 2.31 bits per heavy atom. The Morgan fingerprint density at radius 1 is 0.971 bits per heavy atom. The Bertz CT molecular complexity index is 1110. The molecule has 1 amide bonds. The highest BCUT2D eigenvalue weighted by molar-refractivity contribution is 6.46. The van der Waals surface area contributed by atoms with Crippen LogP contribution in [0.2, 0.25) is 0 Å². The van der Waals surface area contributed by atoms with E-state index in [1.54, 1.807) is 43.5 Å². The molecule has 188 valence electrons. The normalized spacial score (nSPS) is 17.1. The summed E-state index contributed by atoms with van der Waals surface area (Å²) in [4.78, 5) is 27.6. The Morgan fingerprint density at radius 2 is 1.69 bits per heavy atom. The number of aliphatic hydroxyl groups excluding tert-OH is 1. The van der Waals surface area contributed by atoms with Crippen LogP contribution in [0.5, 0.6) is 17.2 Å². The molecular formula is C27H33NO7. The first kappa shape index (κ1) is 26.1. The molecule has 2 aromatic rings. The molecule has 0 aliphatic carbocycles. The number of aliphatic hydroxyl groups is 1. The van der Waals surface area contributed by atoms with Gasteiger partial charge in [0.1, 0.15) is 11.5 Å². The predicted molar refractivity (Wildman–Crippen MR) is 132 cm³/mol. The highest BCUT2D eigenvalue weighted by atomic mass is 16.5. The number of amides is 1. The van der Waals surface area contributed by atoms with E-state index in [0.29, 0.717) is 35.0 Å². The van der Waals surface area contributed by atoms with Crippen molar-refractivity contribution in [2.75, 3.05) is 41.1 Å². The van der Waals surface area contributed by atoms with Crippen molar-refractivity contribution in [3.8, 4) is 17.2 Å². The van der Waals surface area contributed by atoms with Crippen molar-refractivity contribution in [3.63, 3.8) is 0 Å². The molecule has 8 nitrogen and oxygen atoms in total. The van der Waals surface area contributed by atoms with E-state index in [1.165, 1.54) is 19.1 Å². The number of carbonyl (C=O) groups is 2. The number of nitrogens with zero attached hydrogens (tertiary/aromatic N) is 1. The average Bonchev–Trinajstić information content (AvgIpc) is 3.12. The first-order chi connectivity index (χ1) is 16.9. The van der Waals surface area contributed by atoms with Crippen LogP contribution in [-0.2, 0) is 14.3 Å². The van der Waals surface area contributed by atoms with E-state index in [4.69, 9.17) is 18.9 Å². The number of hydrogen-bond donors (Lipinski definition) is 1. The zero-order valence-electron chi connectivity index (χ0n) is 20.9. The van der Waals surface area contributed by atoms with Gasteiger partial charge in [-0.25, -0.2) is 0 Å². The van der Waals surface area contributed by atoms with E-state index < -0.39 is 17.7 Å². The number of carbonyl (C=O) groups excluding carboxylic acids is 2. The first-order valence-corrected chi connectivity index (χ1v) is 11.6. The number of methoxy groups -OCH3 is 3. The maximum Gasteiger partial charge on any atom is 0.295 e. The van der Waals surface area contributed by atoms with Gasteiger partial charge in [0, 0.05) is 19.2 Å². The SMILES string of the molecule is CCCCOc1ccc([C@@H]2C(=C(O)c3ccc(OC)c(C)c3)C(=O)C(=O)N2CCOC)cc1OC. The van der Waals surface area contributed by atoms with Crippen LogP contribution in [0.4, 0.5) is 0 Å². The minimum atomic E-state index is -0.814. The van der Waals surface area contributed by atoms with E-state index in [2.05, 4.69) is 6.92 Å². The summed E-state index contributed by atoms with van der Waals surface area (Å²) in [5.41, 5.74) is 1.84. The number of aryl methyl sites for hydroxylation is 1. The fourth-order valence-electron chi connectivity index (χ4n) is 4.13. The lowest BCUT2D eigenvalue weighted by atomic mass is 9.94. The summed E-state index contributed by atoms with van der Waals surface area (Å²) in [6.45, 7) is 4.89. The molecule has 1 aliphatic rings. The Labute approximate surface area is 206 Å². The molecule has 0 bridgehead atoms. The molecule has 1 aliphatic heterocycles. The van der Waals surface area contributed by atoms with E-state index in [1.807, 2.05) is 6.92 Å². The standard InChI is InChI=1S/C27H33NO7/c1-6-7-13-35-21-11-8-18(16-22(21)34-5)24-23(26(30)27(31)28(24)12-14-32-3)25(29)19-9-10-20(33-4)17(2)15-19/h8-11,15-16,24,29H,6-7,12-14H2,1-5H3/t24-/m1/s1. The van der Waals surface area contributed by atoms with E-state index in [-0.39, 0.29) is 24.5 Å². The monoisotopic (exact) mass is 483 g/mol. The summed E-state index contributed by atoms with van der Waals surface area (Å²) < 4.78 is 21.8. The topological polar surface area (TPSA) is 94.5 Å². The van der Waals surface area contributed by atoms with E-state index in [0.717, 1.165) is 18.4 Å². The average molecular weight is 484 g/mol. The number of unbranched alkanes of at least 4 members (excludes halogenated alkanes) is 1. The second kappa shape index (κ2) is 11.8. The van der Waals surface area contributed by atoms with Gasteiger partial charge in [-0.1, -0.05) is 19.4 Å². The van der Waals surface area contributed by atoms with Crippen LogP contribution >= 0.6 is 0 Å². The molecule has 8 heteroatoms. The molecule has 1 atom stereocenters. The van der Waals surface area contributed by atoms with Gasteiger partial charge in [-0.05, 0) is 54.8 Å². The van der Waals surface area contributed by atoms with Crippen molar-refractivity contribution in [2.24, 2.45) is 0 Å². The Balaban J connectivity index is 2.12. The lowest BCUT2D eigenvalue weighted by molar-refractivity contribution is -0.140. The van der Waals surface area contributed by atoms with Gasteiger partial charge in [-0.15, -0.1) is 0 Å². The third kappa shape index (κ3) is 5.43. The maximum absolute atomic E-state index is 13.2. The fourth-order valence-corrected chi connectivity index (χ4v) is 4.13. The van der Waals surface area contributed by atoms with Crippen LogP contribution in [0.15, 0.2) is 42.0 Å². The van der Waals surface area contributed by atoms with Gasteiger partial charge in [0.05, 0.1) is 39.0 Å². The number of Topliss-reactive ketones (excluding diaryl/α,β-unsaturated/α-hetero) is 1. The van der Waals surface area contributed by atoms with Gasteiger partial charge in [0.2, 0.25) is 0 Å². The molecule has 0 aromatic heterocycles. The fraction of sp³-hybridized carbons (Fsp3) is 0.407. The second-order valence-corrected chi connectivity index (χ2v) is 8.28. The number of hydrogen-bond acceptors (Lipinski definition) is 7. The van der Waals surface area contributed by atoms with Crippen molar-refractivity contribution >= 4 is 17.4 Å². The van der Waals surface area contributed by atoms with Crippen molar-refractivity contribution < 1.29 is 33.6 Å². The van der Waals surface area contributed by atoms with Gasteiger partial charge >= 0.3 is 0 Å². The summed E-state index contributed by atoms with van der Waals surface area (Å²) in [5, 5.41) is 11.2. The number of ether oxygens (including phenoxy) is 4. The summed E-state index contributed by atoms with van der Waals surface area (Å²) >= 11 is 0. The molecule has 0 radical (unpaired) electrons. The molecule has 2 aromatic carbocycles. The molecule has 35 heavy (non-hydrogen) atoms. The highest BCUT2D eigenvalue weighted by Gasteiger charge is 2.46. The van der Waals surface area contributed by atoms with Crippen molar-refractivity contribution in [1.82, 2.24) is 4.90 Å². The van der Waals surface area contributed by atoms with Gasteiger partial charge in [-0.3, -0.25) is 9.59 Å². The Hall–Kier alpha value is -3.52. The predicted octanol–water partition coefficient (Wildman–Crippen LogP) is 4.26. The molecule has 3 rings (SSSR count). The molecule has 1 heterocycles. The minimum Gasteiger partial charge on any atom is -0.507 e. The second-order valence-electron chi connectivity index (χ2n) is 8.28. The van der Waals surface area contributed by atoms with E-state index in [9.17, 15) is 14.7 Å². The van der Waals surface area contributed by atoms with Gasteiger partial charge < -0.3 is 29.0 Å². The maximum atomic E-state index is 13.2. The number of likely N-dealkylation sites (tertiary alicyclic amines) is 1. The van der Waals surface area contributed by atoms with Crippen molar-refractivity contribution in [1.29, 1.82) is 0 Å². The third-order valence-corrected chi connectivity index (χ3v) is 6.00. The summed E-state index contributed by atoms with van der Waals surface area (Å²) in [5.74, 6) is 0.0178. The molecule has 0 unspecified atom stereocenters. The summed E-state index contributed by atoms with van der Waals surface area (Å²) in [7, 11) is 4.62. The van der Waals surface area contributed by atoms with Crippen LogP contribution in [0.1, 0.15) is 42.5 Å². The summed E-state index contributed by atoms with van der Waals surface area (Å²) in [6.07, 6.45) is 1.91. The third-order valence-electron chi connectivity index (χ3n) is 6.00. The molecule has 1 saturated heterocycles.